The Labute approximate surface area is 60.7 Å². The molecular weight excluding hydrogens is 134 g/mol. The normalized spacial score (nSPS) is 7.40. The van der Waals surface area contributed by atoms with E-state index in [9.17, 15) is 0 Å². The maximum absolute atomic E-state index is 7.87. The largest absolute Gasteiger partial charge is 0.394 e. The molecule has 0 heterocycles. The van der Waals surface area contributed by atoms with E-state index in [1.54, 1.807) is 7.11 Å². The summed E-state index contributed by atoms with van der Waals surface area (Å²) in [6.45, 7) is 0.302. The number of rotatable bonds is 3. The lowest BCUT2D eigenvalue weighted by Crippen LogP contribution is -1.85. The van der Waals surface area contributed by atoms with Crippen molar-refractivity contribution in [1.82, 2.24) is 0 Å². The van der Waals surface area contributed by atoms with Crippen molar-refractivity contribution in [2.75, 3.05) is 26.9 Å². The zero-order chi connectivity index (χ0) is 8.24. The molecule has 0 bridgehead atoms. The summed E-state index contributed by atoms with van der Waals surface area (Å²) >= 11 is 0. The first-order chi connectivity index (χ1) is 4.83. The summed E-state index contributed by atoms with van der Waals surface area (Å²) in [5.41, 5.74) is 0. The van der Waals surface area contributed by atoms with E-state index in [4.69, 9.17) is 15.5 Å². The Morgan fingerprint density at radius 2 is 1.90 bits per heavy atom. The van der Waals surface area contributed by atoms with Crippen LogP contribution in [-0.2, 0) is 4.74 Å². The third-order valence-corrected chi connectivity index (χ3v) is 0.518. The maximum Gasteiger partial charge on any atom is 0.0662 e. The van der Waals surface area contributed by atoms with E-state index >= 15 is 0 Å². The van der Waals surface area contributed by atoms with E-state index in [1.807, 2.05) is 6.07 Å². The molecule has 0 aromatic carbocycles. The Bertz CT molecular complexity index is 77.6. The first-order valence-corrected chi connectivity index (χ1v) is 2.91. The van der Waals surface area contributed by atoms with Crippen molar-refractivity contribution in [3.63, 3.8) is 0 Å². The molecule has 4 heteroatoms. The van der Waals surface area contributed by atoms with Crippen molar-refractivity contribution in [2.24, 2.45) is 0 Å². The monoisotopic (exact) mass is 147 g/mol. The molecule has 0 atom stereocenters. The van der Waals surface area contributed by atoms with Crippen LogP contribution < -0.4 is 0 Å². The Hall–Kier alpha value is -0.630. The van der Waals surface area contributed by atoms with Gasteiger partial charge in [-0.15, -0.1) is 0 Å². The number of nitriles is 1. The van der Waals surface area contributed by atoms with E-state index < -0.39 is 0 Å². The van der Waals surface area contributed by atoms with Gasteiger partial charge in [-0.1, -0.05) is 0 Å². The predicted octanol–water partition coefficient (Wildman–Crippen LogP) is -0.483. The number of methoxy groups -OCH3 is 1. The van der Waals surface area contributed by atoms with Crippen LogP contribution in [0.4, 0.5) is 0 Å². The summed E-state index contributed by atoms with van der Waals surface area (Å²) in [6.07, 6.45) is 0.497. The Morgan fingerprint density at radius 3 is 2.00 bits per heavy atom. The molecule has 10 heavy (non-hydrogen) atoms. The highest BCUT2D eigenvalue weighted by atomic mass is 16.5. The van der Waals surface area contributed by atoms with E-state index in [2.05, 4.69) is 4.74 Å². The van der Waals surface area contributed by atoms with Crippen LogP contribution in [0.5, 0.6) is 0 Å². The predicted molar refractivity (Wildman–Crippen MR) is 36.3 cm³/mol. The molecule has 0 radical (unpaired) electrons. The van der Waals surface area contributed by atoms with Crippen molar-refractivity contribution >= 4 is 0 Å². The summed E-state index contributed by atoms with van der Waals surface area (Å²) in [5, 5.41) is 23.1. The minimum absolute atomic E-state index is 0.125. The fraction of sp³-hybridized carbons (Fsp3) is 0.833. The second-order valence-corrected chi connectivity index (χ2v) is 1.35. The molecule has 0 spiro atoms. The smallest absolute Gasteiger partial charge is 0.0662 e. The average molecular weight is 147 g/mol. The zero-order valence-electron chi connectivity index (χ0n) is 6.08. The maximum atomic E-state index is 7.87. The lowest BCUT2D eigenvalue weighted by molar-refractivity contribution is 0.186. The van der Waals surface area contributed by atoms with Crippen LogP contribution in [-0.4, -0.2) is 37.1 Å². The number of aliphatic hydroxyl groups is 2. The number of aliphatic hydroxyl groups excluding tert-OH is 2. The minimum Gasteiger partial charge on any atom is -0.394 e. The van der Waals surface area contributed by atoms with Crippen LogP contribution in [0.3, 0.4) is 0 Å². The molecule has 0 aliphatic heterocycles. The van der Waals surface area contributed by atoms with Gasteiger partial charge in [-0.2, -0.15) is 5.26 Å². The zero-order valence-corrected chi connectivity index (χ0v) is 6.08. The van der Waals surface area contributed by atoms with Gasteiger partial charge in [0.1, 0.15) is 0 Å². The molecule has 0 aromatic rings. The molecule has 60 valence electrons. The Balaban J connectivity index is 0. The average Bonchev–Trinajstić information content (AvgIpc) is 2.01. The first-order valence-electron chi connectivity index (χ1n) is 2.91. The van der Waals surface area contributed by atoms with Crippen LogP contribution in [0.15, 0.2) is 0 Å². The molecule has 0 aromatic heterocycles. The number of nitrogens with zero attached hydrogens (tertiary/aromatic N) is 1. The Morgan fingerprint density at radius 1 is 1.40 bits per heavy atom. The highest BCUT2D eigenvalue weighted by molar-refractivity contribution is 4.66. The quantitative estimate of drug-likeness (QED) is 0.529. The van der Waals surface area contributed by atoms with Gasteiger partial charge in [-0.25, -0.2) is 0 Å². The fourth-order valence-corrected chi connectivity index (χ4v) is 0.148. The van der Waals surface area contributed by atoms with E-state index in [0.717, 1.165) is 0 Å². The van der Waals surface area contributed by atoms with Crippen LogP contribution in [0, 0.1) is 11.3 Å². The molecule has 0 amide bonds. The van der Waals surface area contributed by atoms with Gasteiger partial charge in [0.25, 0.3) is 0 Å². The number of hydrogen-bond acceptors (Lipinski definition) is 4. The second-order valence-electron chi connectivity index (χ2n) is 1.35. The molecular formula is C6H13NO3. The summed E-state index contributed by atoms with van der Waals surface area (Å²) in [5.74, 6) is 0. The lowest BCUT2D eigenvalue weighted by atomic mass is 10.5. The van der Waals surface area contributed by atoms with Gasteiger partial charge in [-0.3, -0.25) is 0 Å². The van der Waals surface area contributed by atoms with Gasteiger partial charge in [0.2, 0.25) is 0 Å². The van der Waals surface area contributed by atoms with E-state index in [0.29, 0.717) is 13.0 Å². The van der Waals surface area contributed by atoms with Crippen molar-refractivity contribution in [3.05, 3.63) is 0 Å². The van der Waals surface area contributed by atoms with Crippen LogP contribution in [0.1, 0.15) is 6.42 Å². The van der Waals surface area contributed by atoms with E-state index in [1.165, 1.54) is 0 Å². The van der Waals surface area contributed by atoms with Gasteiger partial charge in [0.15, 0.2) is 0 Å². The molecule has 0 saturated carbocycles. The Kier molecular flexibility index (Phi) is 19.1. The first kappa shape index (κ1) is 12.1. The van der Waals surface area contributed by atoms with Gasteiger partial charge in [0, 0.05) is 7.11 Å². The highest BCUT2D eigenvalue weighted by Gasteiger charge is 1.73. The minimum atomic E-state index is -0.125. The third-order valence-electron chi connectivity index (χ3n) is 0.518. The van der Waals surface area contributed by atoms with Gasteiger partial charge < -0.3 is 14.9 Å². The highest BCUT2D eigenvalue weighted by Crippen LogP contribution is 1.71. The summed E-state index contributed by atoms with van der Waals surface area (Å²) in [7, 11) is 1.58. The van der Waals surface area contributed by atoms with Crippen molar-refractivity contribution in [2.45, 2.75) is 6.42 Å². The van der Waals surface area contributed by atoms with Crippen LogP contribution >= 0.6 is 0 Å². The molecule has 4 nitrogen and oxygen atoms in total. The van der Waals surface area contributed by atoms with Crippen LogP contribution in [0.25, 0.3) is 0 Å². The van der Waals surface area contributed by atoms with Crippen molar-refractivity contribution < 1.29 is 14.9 Å². The lowest BCUT2D eigenvalue weighted by Gasteiger charge is -1.82. The van der Waals surface area contributed by atoms with Crippen molar-refractivity contribution in [1.29, 1.82) is 5.26 Å². The molecule has 0 fully saturated rings. The second kappa shape index (κ2) is 15.8. The number of ether oxygens (including phenoxy) is 1. The SMILES string of the molecule is COCCC#N.OCCO. The summed E-state index contributed by atoms with van der Waals surface area (Å²) in [4.78, 5) is 0. The van der Waals surface area contributed by atoms with Crippen molar-refractivity contribution in [3.8, 4) is 6.07 Å². The topological polar surface area (TPSA) is 73.5 Å². The standard InChI is InChI=1S/C4H7NO.C2H6O2/c1-6-4-2-3-5;3-1-2-4/h2,4H2,1H3;3-4H,1-2H2. The van der Waals surface area contributed by atoms with E-state index in [-0.39, 0.29) is 13.2 Å². The third kappa shape index (κ3) is 26.3. The fourth-order valence-electron chi connectivity index (χ4n) is 0.148. The van der Waals surface area contributed by atoms with Gasteiger partial charge in [0.05, 0.1) is 32.3 Å². The molecule has 0 saturated heterocycles. The van der Waals surface area contributed by atoms with Gasteiger partial charge >= 0.3 is 0 Å². The van der Waals surface area contributed by atoms with Gasteiger partial charge in [-0.05, 0) is 0 Å². The van der Waals surface area contributed by atoms with Crippen LogP contribution in [0.2, 0.25) is 0 Å². The molecule has 0 aliphatic rings. The summed E-state index contributed by atoms with van der Waals surface area (Å²) in [6, 6.07) is 1.94. The molecule has 0 aliphatic carbocycles. The summed E-state index contributed by atoms with van der Waals surface area (Å²) < 4.78 is 4.56. The molecule has 0 unspecified atom stereocenters. The molecule has 2 N–H and O–H groups in total. The molecule has 0 rings (SSSR count). The number of hydrogen-bond donors (Lipinski definition) is 2.